The average molecular weight is 470 g/mol. The minimum atomic E-state index is -0.417. The minimum Gasteiger partial charge on any atom is -0.496 e. The first-order chi connectivity index (χ1) is 17.1. The number of nitrogens with zero attached hydrogens (tertiary/aromatic N) is 5. The number of ether oxygens (including phenoxy) is 1. The lowest BCUT2D eigenvalue weighted by molar-refractivity contribution is -0.122. The summed E-state index contributed by atoms with van der Waals surface area (Å²) in [6.45, 7) is 1.32. The summed E-state index contributed by atoms with van der Waals surface area (Å²) >= 11 is 0. The Morgan fingerprint density at radius 1 is 1.20 bits per heavy atom. The van der Waals surface area contributed by atoms with Crippen molar-refractivity contribution in [2.24, 2.45) is 16.6 Å². The second-order valence-corrected chi connectivity index (χ2v) is 9.32. The lowest BCUT2D eigenvalue weighted by Gasteiger charge is -2.29. The summed E-state index contributed by atoms with van der Waals surface area (Å²) in [6.07, 6.45) is 10.2. The maximum atomic E-state index is 12.1. The van der Waals surface area contributed by atoms with Gasteiger partial charge in [-0.15, -0.1) is 0 Å². The Labute approximate surface area is 200 Å². The third-order valence-electron chi connectivity index (χ3n) is 7.04. The predicted octanol–water partition coefficient (Wildman–Crippen LogP) is 2.72. The third kappa shape index (κ3) is 3.17. The van der Waals surface area contributed by atoms with Crippen LogP contribution in [0.5, 0.6) is 0 Å². The average Bonchev–Trinajstić information content (AvgIpc) is 3.26. The van der Waals surface area contributed by atoms with Crippen LogP contribution in [0.4, 0.5) is 6.01 Å². The Morgan fingerprint density at radius 2 is 2.09 bits per heavy atom. The van der Waals surface area contributed by atoms with Crippen LogP contribution >= 0.6 is 0 Å². The van der Waals surface area contributed by atoms with Gasteiger partial charge in [0.1, 0.15) is 24.0 Å². The maximum absolute atomic E-state index is 12.1. The van der Waals surface area contributed by atoms with Crippen molar-refractivity contribution in [3.8, 4) is 0 Å². The molecule has 7 rings (SSSR count). The number of amidine groups is 1. The molecule has 1 saturated carbocycles. The van der Waals surface area contributed by atoms with E-state index in [4.69, 9.17) is 25.6 Å². The number of aromatic nitrogens is 3. The minimum absolute atomic E-state index is 0.146. The van der Waals surface area contributed by atoms with Crippen LogP contribution in [0, 0.1) is 5.92 Å². The van der Waals surface area contributed by atoms with E-state index in [1.54, 1.807) is 17.1 Å². The van der Waals surface area contributed by atoms with Gasteiger partial charge in [-0.1, -0.05) is 0 Å². The van der Waals surface area contributed by atoms with Crippen LogP contribution in [0.2, 0.25) is 0 Å². The van der Waals surface area contributed by atoms with Crippen molar-refractivity contribution >= 4 is 34.4 Å². The first-order valence-corrected chi connectivity index (χ1v) is 11.7. The van der Waals surface area contributed by atoms with Gasteiger partial charge in [0.25, 0.3) is 6.01 Å². The Kier molecular flexibility index (Phi) is 4.20. The molecular weight excluding hydrogens is 446 g/mol. The molecule has 4 N–H and O–H groups in total. The summed E-state index contributed by atoms with van der Waals surface area (Å²) in [5, 5.41) is 4.49. The molecule has 1 fully saturated rings. The van der Waals surface area contributed by atoms with Gasteiger partial charge in [-0.05, 0) is 49.0 Å². The number of hydrogen-bond donors (Lipinski definition) is 2. The van der Waals surface area contributed by atoms with Crippen molar-refractivity contribution in [1.29, 1.82) is 0 Å². The number of nitrogens with two attached hydrogens (primary N) is 2. The molecule has 0 saturated heterocycles. The van der Waals surface area contributed by atoms with E-state index in [1.165, 1.54) is 5.57 Å². The van der Waals surface area contributed by atoms with Crippen molar-refractivity contribution < 1.29 is 13.9 Å². The summed E-state index contributed by atoms with van der Waals surface area (Å²) < 4.78 is 13.1. The highest BCUT2D eigenvalue weighted by molar-refractivity contribution is 6.05. The highest BCUT2D eigenvalue weighted by Gasteiger charge is 2.38. The van der Waals surface area contributed by atoms with E-state index in [0.29, 0.717) is 17.7 Å². The first-order valence-electron chi connectivity index (χ1n) is 11.7. The molecule has 3 aliphatic heterocycles. The van der Waals surface area contributed by atoms with Gasteiger partial charge in [0.2, 0.25) is 5.91 Å². The van der Waals surface area contributed by atoms with Crippen LogP contribution in [0.15, 0.2) is 69.3 Å². The molecular formula is C25H23N7O3. The number of hydrogen-bond acceptors (Lipinski definition) is 8. The van der Waals surface area contributed by atoms with Crippen molar-refractivity contribution in [3.05, 3.63) is 71.0 Å². The van der Waals surface area contributed by atoms with Crippen LogP contribution in [-0.4, -0.2) is 44.6 Å². The van der Waals surface area contributed by atoms with Crippen LogP contribution in [0.3, 0.4) is 0 Å². The Morgan fingerprint density at radius 3 is 2.91 bits per heavy atom. The number of fused-ring (bicyclic) bond motifs is 1. The predicted molar refractivity (Wildman–Crippen MR) is 129 cm³/mol. The number of rotatable bonds is 5. The molecule has 35 heavy (non-hydrogen) atoms. The zero-order chi connectivity index (χ0) is 23.7. The van der Waals surface area contributed by atoms with Crippen LogP contribution < -0.4 is 11.5 Å². The van der Waals surface area contributed by atoms with E-state index in [0.717, 1.165) is 59.6 Å². The number of oxazole rings is 1. The molecule has 10 nitrogen and oxygen atoms in total. The number of nitrogen functional groups attached to an aromatic ring is 1. The third-order valence-corrected chi connectivity index (χ3v) is 7.04. The molecule has 0 radical (unpaired) electrons. The zero-order valence-corrected chi connectivity index (χ0v) is 18.8. The Bertz CT molecular complexity index is 1520. The first kappa shape index (κ1) is 20.1. The van der Waals surface area contributed by atoms with Crippen molar-refractivity contribution in [1.82, 2.24) is 19.7 Å². The van der Waals surface area contributed by atoms with E-state index >= 15 is 0 Å². The molecule has 1 aromatic carbocycles. The van der Waals surface area contributed by atoms with Gasteiger partial charge >= 0.3 is 0 Å². The molecule has 1 unspecified atom stereocenters. The van der Waals surface area contributed by atoms with Gasteiger partial charge in [0, 0.05) is 41.2 Å². The maximum Gasteiger partial charge on any atom is 0.292 e. The molecule has 0 bridgehead atoms. The van der Waals surface area contributed by atoms with Crippen LogP contribution in [-0.2, 0) is 9.53 Å². The monoisotopic (exact) mass is 469 g/mol. The molecule has 10 heteroatoms. The Hall–Kier alpha value is -4.34. The molecule has 1 amide bonds. The van der Waals surface area contributed by atoms with Gasteiger partial charge in [0.15, 0.2) is 5.58 Å². The van der Waals surface area contributed by atoms with Gasteiger partial charge in [-0.25, -0.2) is 4.99 Å². The van der Waals surface area contributed by atoms with E-state index < -0.39 is 6.04 Å². The molecule has 176 valence electrons. The number of carbonyl (C=O) groups excluding carboxylic acids is 1. The fourth-order valence-corrected chi connectivity index (χ4v) is 5.26. The molecule has 4 aliphatic rings. The fourth-order valence-electron chi connectivity index (χ4n) is 5.26. The normalized spacial score (nSPS) is 20.1. The van der Waals surface area contributed by atoms with Gasteiger partial charge in [-0.2, -0.15) is 10.1 Å². The lowest BCUT2D eigenvalue weighted by Crippen LogP contribution is -2.31. The standard InChI is InChI=1S/C25H23N7O3/c26-23(33)22(13-1-2-13)32-10-16(8-29-32)18-12-34-11-15-5-6-31-21(15)17(18)9-28-24(31)14-3-4-20-19(7-14)30-25(27)35-20/h3-4,7-10,12-13,22H,1-2,5-6,11H2,(H2,26,33)(H2,27,30). The number of amides is 1. The van der Waals surface area contributed by atoms with Crippen molar-refractivity contribution in [3.63, 3.8) is 0 Å². The molecule has 0 spiro atoms. The summed E-state index contributed by atoms with van der Waals surface area (Å²) in [4.78, 5) is 23.4. The molecule has 5 heterocycles. The molecule has 1 atom stereocenters. The SMILES string of the molecule is NC(=O)C(C1CC1)n1cc(C2=COCC3=C4C2=CN=C(c2ccc5oc(N)nc5c2)N4CC3)cn1. The van der Waals surface area contributed by atoms with E-state index in [1.807, 2.05) is 30.6 Å². The number of aliphatic imine (C=N–C) groups is 1. The lowest BCUT2D eigenvalue weighted by atomic mass is 9.96. The van der Waals surface area contributed by atoms with Gasteiger partial charge in [0.05, 0.1) is 18.2 Å². The molecule has 2 aromatic heterocycles. The second-order valence-electron chi connectivity index (χ2n) is 9.32. The highest BCUT2D eigenvalue weighted by atomic mass is 16.5. The Balaban J connectivity index is 1.29. The van der Waals surface area contributed by atoms with Crippen molar-refractivity contribution in [2.75, 3.05) is 18.9 Å². The largest absolute Gasteiger partial charge is 0.496 e. The number of carbonyl (C=O) groups is 1. The molecule has 3 aromatic rings. The van der Waals surface area contributed by atoms with E-state index in [-0.39, 0.29) is 17.8 Å². The van der Waals surface area contributed by atoms with E-state index in [2.05, 4.69) is 15.0 Å². The van der Waals surface area contributed by atoms with E-state index in [9.17, 15) is 4.79 Å². The summed E-state index contributed by atoms with van der Waals surface area (Å²) in [5.41, 5.74) is 18.7. The van der Waals surface area contributed by atoms with Gasteiger partial charge < -0.3 is 25.5 Å². The smallest absolute Gasteiger partial charge is 0.292 e. The van der Waals surface area contributed by atoms with Crippen LogP contribution in [0.25, 0.3) is 16.7 Å². The quantitative estimate of drug-likeness (QED) is 0.586. The summed E-state index contributed by atoms with van der Waals surface area (Å²) in [6, 6.07) is 5.51. The summed E-state index contributed by atoms with van der Waals surface area (Å²) in [5.74, 6) is 0.761. The topological polar surface area (TPSA) is 138 Å². The number of benzene rings is 1. The van der Waals surface area contributed by atoms with Crippen LogP contribution in [0.1, 0.15) is 36.4 Å². The van der Waals surface area contributed by atoms with Gasteiger partial charge in [-0.3, -0.25) is 9.48 Å². The number of anilines is 1. The molecule has 1 aliphatic carbocycles. The second kappa shape index (κ2) is 7.33. The summed E-state index contributed by atoms with van der Waals surface area (Å²) in [7, 11) is 0. The number of allylic oxidation sites excluding steroid dienone is 1. The number of primary amides is 1. The van der Waals surface area contributed by atoms with Crippen molar-refractivity contribution in [2.45, 2.75) is 25.3 Å². The fraction of sp³-hybridized carbons (Fsp3) is 0.280. The zero-order valence-electron chi connectivity index (χ0n) is 18.8. The highest BCUT2D eigenvalue weighted by Crippen LogP contribution is 2.43.